The van der Waals surface area contributed by atoms with Gasteiger partial charge in [-0.25, -0.2) is 4.79 Å². The Hall–Kier alpha value is -2.26. The molecule has 0 bridgehead atoms. The molecule has 0 amide bonds. The lowest BCUT2D eigenvalue weighted by Gasteiger charge is -2.38. The predicted molar refractivity (Wildman–Crippen MR) is 95.9 cm³/mol. The number of hydrogen-bond acceptors (Lipinski definition) is 2. The minimum Gasteiger partial charge on any atom is -0.478 e. The van der Waals surface area contributed by atoms with Crippen LogP contribution in [0.5, 0.6) is 0 Å². The largest absolute Gasteiger partial charge is 0.478 e. The van der Waals surface area contributed by atoms with E-state index >= 15 is 0 Å². The third-order valence-electron chi connectivity index (χ3n) is 5.07. The van der Waals surface area contributed by atoms with Gasteiger partial charge in [0.15, 0.2) is 0 Å². The predicted octanol–water partition coefficient (Wildman–Crippen LogP) is 5.17. The number of rotatable bonds is 2. The summed E-state index contributed by atoms with van der Waals surface area (Å²) in [5, 5.41) is 13.4. The first kappa shape index (κ1) is 15.3. The van der Waals surface area contributed by atoms with Gasteiger partial charge in [0.05, 0.1) is 22.3 Å². The van der Waals surface area contributed by atoms with Crippen molar-refractivity contribution in [1.82, 2.24) is 0 Å². The lowest BCUT2D eigenvalue weighted by molar-refractivity contribution is 0.0696. The molecule has 0 radical (unpaired) electrons. The first-order valence-corrected chi connectivity index (χ1v) is 8.49. The second-order valence-corrected chi connectivity index (χ2v) is 7.02. The zero-order valence-electron chi connectivity index (χ0n) is 13.3. The maximum Gasteiger partial charge on any atom is 0.335 e. The van der Waals surface area contributed by atoms with Crippen LogP contribution in [0.3, 0.4) is 0 Å². The fourth-order valence-corrected chi connectivity index (χ4v) is 4.25. The number of allylic oxidation sites excluding steroid dienone is 2. The molecular weight excluding hydrogens is 322 g/mol. The lowest BCUT2D eigenvalue weighted by Crippen LogP contribution is -2.29. The van der Waals surface area contributed by atoms with E-state index in [4.69, 9.17) is 11.6 Å². The van der Waals surface area contributed by atoms with Crippen LogP contribution in [0.2, 0.25) is 5.02 Å². The number of carbonyl (C=O) groups is 1. The van der Waals surface area contributed by atoms with Crippen molar-refractivity contribution < 1.29 is 9.90 Å². The van der Waals surface area contributed by atoms with Gasteiger partial charge in [0.25, 0.3) is 0 Å². The number of aromatic carboxylic acids is 1. The number of aryl methyl sites for hydroxylation is 1. The molecular formula is C20H18ClNO2. The summed E-state index contributed by atoms with van der Waals surface area (Å²) in [5.74, 6) is -0.373. The molecule has 2 aliphatic rings. The molecule has 3 nitrogen and oxygen atoms in total. The van der Waals surface area contributed by atoms with Gasteiger partial charge in [-0.3, -0.25) is 0 Å². The maximum atomic E-state index is 11.4. The molecule has 2 aromatic carbocycles. The molecule has 1 aliphatic carbocycles. The number of benzene rings is 2. The molecule has 0 saturated carbocycles. The fraction of sp³-hybridized carbons (Fsp3) is 0.250. The fourth-order valence-electron chi connectivity index (χ4n) is 3.97. The van der Waals surface area contributed by atoms with Crippen LogP contribution in [-0.4, -0.2) is 11.1 Å². The molecule has 2 N–H and O–H groups in total. The van der Waals surface area contributed by atoms with E-state index in [-0.39, 0.29) is 17.5 Å². The van der Waals surface area contributed by atoms with E-state index in [1.165, 1.54) is 17.2 Å². The van der Waals surface area contributed by atoms with Gasteiger partial charge in [-0.1, -0.05) is 53.6 Å². The van der Waals surface area contributed by atoms with Gasteiger partial charge in [-0.05, 0) is 42.5 Å². The molecule has 2 aromatic rings. The molecule has 122 valence electrons. The van der Waals surface area contributed by atoms with Crippen LogP contribution in [0.25, 0.3) is 0 Å². The van der Waals surface area contributed by atoms with Crippen molar-refractivity contribution in [2.75, 3.05) is 5.32 Å². The van der Waals surface area contributed by atoms with Crippen LogP contribution in [0.1, 0.15) is 45.4 Å². The molecule has 0 saturated heterocycles. The van der Waals surface area contributed by atoms with Crippen LogP contribution in [0.15, 0.2) is 48.6 Å². The van der Waals surface area contributed by atoms with Gasteiger partial charge in [0, 0.05) is 5.92 Å². The summed E-state index contributed by atoms with van der Waals surface area (Å²) in [6.45, 7) is 2.09. The summed E-state index contributed by atoms with van der Waals surface area (Å²) in [6, 6.07) is 12.0. The minimum absolute atomic E-state index is 0.172. The van der Waals surface area contributed by atoms with Gasteiger partial charge in [0.2, 0.25) is 0 Å². The molecule has 0 aromatic heterocycles. The van der Waals surface area contributed by atoms with Crippen molar-refractivity contribution in [3.05, 3.63) is 75.8 Å². The van der Waals surface area contributed by atoms with E-state index < -0.39 is 5.97 Å². The molecule has 3 atom stereocenters. The Morgan fingerprint density at radius 2 is 2.12 bits per heavy atom. The smallest absolute Gasteiger partial charge is 0.335 e. The van der Waals surface area contributed by atoms with Crippen LogP contribution in [-0.2, 0) is 0 Å². The first-order chi connectivity index (χ1) is 11.5. The van der Waals surface area contributed by atoms with Crippen molar-refractivity contribution in [3.63, 3.8) is 0 Å². The Morgan fingerprint density at radius 1 is 1.29 bits per heavy atom. The Bertz CT molecular complexity index is 859. The molecule has 0 fully saturated rings. The maximum absolute atomic E-state index is 11.4. The average molecular weight is 340 g/mol. The summed E-state index contributed by atoms with van der Waals surface area (Å²) < 4.78 is 0. The summed E-state index contributed by atoms with van der Waals surface area (Å²) in [6.07, 6.45) is 5.36. The third-order valence-corrected chi connectivity index (χ3v) is 5.37. The molecule has 0 spiro atoms. The standard InChI is InChI=1S/C20H18ClNO2/c1-11-4-2-5-12(8-11)18-15-7-3-6-14(15)16-9-13(20(23)24)10-17(21)19(16)22-18/h2-6,8-10,14-15,18,22H,7H2,1H3,(H,23,24). The van der Waals surface area contributed by atoms with Crippen LogP contribution >= 0.6 is 11.6 Å². The van der Waals surface area contributed by atoms with Gasteiger partial charge >= 0.3 is 5.97 Å². The average Bonchev–Trinajstić information content (AvgIpc) is 3.04. The highest BCUT2D eigenvalue weighted by Gasteiger charge is 2.39. The number of carboxylic acid groups (broad SMARTS) is 1. The number of nitrogens with one attached hydrogen (secondary N) is 1. The summed E-state index contributed by atoms with van der Waals surface area (Å²) >= 11 is 6.42. The number of hydrogen-bond donors (Lipinski definition) is 2. The molecule has 4 rings (SSSR count). The number of carboxylic acids is 1. The molecule has 1 aliphatic heterocycles. The van der Waals surface area contributed by atoms with E-state index in [1.54, 1.807) is 6.07 Å². The Balaban J connectivity index is 1.83. The van der Waals surface area contributed by atoms with Gasteiger partial charge < -0.3 is 10.4 Å². The van der Waals surface area contributed by atoms with E-state index in [2.05, 4.69) is 48.7 Å². The highest BCUT2D eigenvalue weighted by Crippen LogP contribution is 2.51. The second-order valence-electron chi connectivity index (χ2n) is 6.62. The quantitative estimate of drug-likeness (QED) is 0.742. The van der Waals surface area contributed by atoms with Crippen LogP contribution in [0, 0.1) is 12.8 Å². The van der Waals surface area contributed by atoms with Crippen molar-refractivity contribution in [3.8, 4) is 0 Å². The highest BCUT2D eigenvalue weighted by atomic mass is 35.5. The van der Waals surface area contributed by atoms with E-state index in [0.29, 0.717) is 10.9 Å². The van der Waals surface area contributed by atoms with Crippen molar-refractivity contribution >= 4 is 23.3 Å². The SMILES string of the molecule is Cc1cccc(C2Nc3c(Cl)cc(C(=O)O)cc3C3C=CCC32)c1. The van der Waals surface area contributed by atoms with E-state index in [9.17, 15) is 9.90 Å². The van der Waals surface area contributed by atoms with Crippen LogP contribution in [0.4, 0.5) is 5.69 Å². The molecule has 4 heteroatoms. The van der Waals surface area contributed by atoms with Gasteiger partial charge in [-0.2, -0.15) is 0 Å². The van der Waals surface area contributed by atoms with Crippen LogP contribution < -0.4 is 5.32 Å². The third kappa shape index (κ3) is 2.40. The Labute approximate surface area is 146 Å². The monoisotopic (exact) mass is 339 g/mol. The number of fused-ring (bicyclic) bond motifs is 3. The first-order valence-electron chi connectivity index (χ1n) is 8.11. The van der Waals surface area contributed by atoms with Gasteiger partial charge in [-0.15, -0.1) is 0 Å². The Morgan fingerprint density at radius 3 is 2.88 bits per heavy atom. The summed E-state index contributed by atoms with van der Waals surface area (Å²) in [5.41, 5.74) is 4.57. The second kappa shape index (κ2) is 5.67. The van der Waals surface area contributed by atoms with Crippen molar-refractivity contribution in [2.24, 2.45) is 5.92 Å². The lowest BCUT2D eigenvalue weighted by atomic mass is 9.76. The highest BCUT2D eigenvalue weighted by molar-refractivity contribution is 6.33. The van der Waals surface area contributed by atoms with Crippen molar-refractivity contribution in [1.29, 1.82) is 0 Å². The van der Waals surface area contributed by atoms with E-state index in [0.717, 1.165) is 17.7 Å². The normalized spacial score (nSPS) is 24.2. The summed E-state index contributed by atoms with van der Waals surface area (Å²) in [4.78, 5) is 11.4. The molecule has 24 heavy (non-hydrogen) atoms. The summed E-state index contributed by atoms with van der Waals surface area (Å²) in [7, 11) is 0. The zero-order valence-corrected chi connectivity index (χ0v) is 14.0. The number of halogens is 1. The minimum atomic E-state index is -0.945. The van der Waals surface area contributed by atoms with E-state index in [1.807, 2.05) is 0 Å². The van der Waals surface area contributed by atoms with Gasteiger partial charge in [0.1, 0.15) is 0 Å². The number of anilines is 1. The molecule has 1 heterocycles. The Kier molecular flexibility index (Phi) is 3.61. The zero-order chi connectivity index (χ0) is 16.8. The van der Waals surface area contributed by atoms with Crippen molar-refractivity contribution in [2.45, 2.75) is 25.3 Å². The topological polar surface area (TPSA) is 49.3 Å². The molecule has 3 unspecified atom stereocenters.